The van der Waals surface area contributed by atoms with Crippen LogP contribution in [-0.2, 0) is 12.0 Å². The third-order valence-electron chi connectivity index (χ3n) is 7.30. The lowest BCUT2D eigenvalue weighted by atomic mass is 9.46. The van der Waals surface area contributed by atoms with Crippen LogP contribution in [0.2, 0.25) is 0 Å². The molecule has 4 bridgehead atoms. The summed E-state index contributed by atoms with van der Waals surface area (Å²) in [6.07, 6.45) is 11.7. The second-order valence-corrected chi connectivity index (χ2v) is 10.2. The van der Waals surface area contributed by atoms with Crippen molar-refractivity contribution in [3.05, 3.63) is 29.9 Å². The van der Waals surface area contributed by atoms with E-state index in [9.17, 15) is 0 Å². The van der Waals surface area contributed by atoms with Gasteiger partial charge in [0.05, 0.1) is 10.9 Å². The van der Waals surface area contributed by atoms with E-state index in [1.165, 1.54) is 32.1 Å². The Morgan fingerprint density at radius 1 is 1.18 bits per heavy atom. The first-order valence-electron chi connectivity index (χ1n) is 10.0. The first-order valence-corrected chi connectivity index (χ1v) is 10.9. The van der Waals surface area contributed by atoms with Crippen LogP contribution in [0.1, 0.15) is 44.3 Å². The molecule has 28 heavy (non-hydrogen) atoms. The Hall–Kier alpha value is -2.42. The maximum absolute atomic E-state index is 4.94. The third-order valence-corrected chi connectivity index (χ3v) is 8.12. The Bertz CT molecular complexity index is 1180. The summed E-state index contributed by atoms with van der Waals surface area (Å²) in [6.45, 7) is 0. The first kappa shape index (κ1) is 15.5. The van der Waals surface area contributed by atoms with Gasteiger partial charge in [0.25, 0.3) is 0 Å². The maximum atomic E-state index is 4.94. The molecule has 4 saturated carbocycles. The Balaban J connectivity index is 1.29. The van der Waals surface area contributed by atoms with Gasteiger partial charge in [-0.25, -0.2) is 14.5 Å². The third kappa shape index (κ3) is 2.05. The molecule has 0 N–H and O–H groups in total. The van der Waals surface area contributed by atoms with Crippen LogP contribution in [0.15, 0.2) is 24.1 Å². The van der Waals surface area contributed by atoms with Crippen molar-refractivity contribution >= 4 is 27.2 Å². The lowest BCUT2D eigenvalue weighted by Crippen LogP contribution is -2.57. The van der Waals surface area contributed by atoms with E-state index < -0.39 is 0 Å². The van der Waals surface area contributed by atoms with Crippen molar-refractivity contribution < 1.29 is 0 Å². The summed E-state index contributed by atoms with van der Waals surface area (Å²) in [5, 5.41) is 20.8. The van der Waals surface area contributed by atoms with E-state index in [2.05, 4.69) is 31.8 Å². The van der Waals surface area contributed by atoms with Gasteiger partial charge in [-0.1, -0.05) is 0 Å². The Labute approximate surface area is 165 Å². The van der Waals surface area contributed by atoms with E-state index in [-0.39, 0.29) is 11.0 Å². The number of nitrogens with zero attached hydrogens (tertiary/aromatic N) is 8. The number of rotatable bonds is 3. The van der Waals surface area contributed by atoms with E-state index in [1.54, 1.807) is 24.0 Å². The molecule has 9 heteroatoms. The van der Waals surface area contributed by atoms with Gasteiger partial charge >= 0.3 is 0 Å². The van der Waals surface area contributed by atoms with Crippen LogP contribution >= 0.6 is 11.3 Å². The van der Waals surface area contributed by atoms with Gasteiger partial charge in [0.2, 0.25) is 0 Å². The minimum atomic E-state index is 0.0436. The van der Waals surface area contributed by atoms with Gasteiger partial charge in [-0.2, -0.15) is 4.80 Å². The lowest BCUT2D eigenvalue weighted by Gasteiger charge is -2.61. The zero-order chi connectivity index (χ0) is 18.3. The van der Waals surface area contributed by atoms with E-state index in [0.29, 0.717) is 0 Å². The highest BCUT2D eigenvalue weighted by molar-refractivity contribution is 7.16. The highest BCUT2D eigenvalue weighted by atomic mass is 32.1. The van der Waals surface area contributed by atoms with Crippen LogP contribution in [-0.4, -0.2) is 39.8 Å². The van der Waals surface area contributed by atoms with E-state index in [0.717, 1.165) is 46.4 Å². The number of tetrazole rings is 1. The molecule has 0 aromatic carbocycles. The summed E-state index contributed by atoms with van der Waals surface area (Å²) in [6, 6.07) is 2.09. The number of hydrogen-bond donors (Lipinski definition) is 0. The molecule has 0 amide bonds. The highest BCUT2D eigenvalue weighted by Crippen LogP contribution is 2.64. The predicted molar refractivity (Wildman–Crippen MR) is 103 cm³/mol. The van der Waals surface area contributed by atoms with Crippen LogP contribution in [0.3, 0.4) is 0 Å². The average molecular weight is 392 g/mol. The molecule has 0 spiro atoms. The Morgan fingerprint density at radius 3 is 2.89 bits per heavy atom. The number of aromatic nitrogens is 8. The first-order chi connectivity index (χ1) is 13.7. The van der Waals surface area contributed by atoms with Crippen molar-refractivity contribution in [3.8, 4) is 0 Å². The molecule has 0 saturated heterocycles. The molecule has 0 aliphatic heterocycles. The normalized spacial score (nSPS) is 34.0. The number of fused-ring (bicyclic) bond motifs is 3. The highest BCUT2D eigenvalue weighted by Gasteiger charge is 2.59. The van der Waals surface area contributed by atoms with Gasteiger partial charge in [-0.15, -0.1) is 26.6 Å². The predicted octanol–water partition coefficient (Wildman–Crippen LogP) is 2.86. The standard InChI is InChI=1S/C19H20N8S/c1-2-28-17-14(1)16-23-15(24-26(16)11-20-17)8-18-4-12-3-13(5-18)7-19(6-12,9-18)27-22-10-21-25-27/h1-2,10-13H,3-9H2. The van der Waals surface area contributed by atoms with Crippen LogP contribution in [0.5, 0.6) is 0 Å². The summed E-state index contributed by atoms with van der Waals surface area (Å²) in [5.74, 6) is 2.47. The molecule has 4 aliphatic rings. The molecule has 2 unspecified atom stereocenters. The fourth-order valence-electron chi connectivity index (χ4n) is 6.95. The number of thiophene rings is 1. The topological polar surface area (TPSA) is 86.7 Å². The van der Waals surface area contributed by atoms with Gasteiger partial charge < -0.3 is 0 Å². The summed E-state index contributed by atoms with van der Waals surface area (Å²) in [7, 11) is 0. The quantitative estimate of drug-likeness (QED) is 0.533. The molecule has 4 fully saturated rings. The molecule has 0 radical (unpaired) electrons. The summed E-state index contributed by atoms with van der Waals surface area (Å²) >= 11 is 1.65. The van der Waals surface area contributed by atoms with Crippen LogP contribution in [0, 0.1) is 17.3 Å². The van der Waals surface area contributed by atoms with Crippen molar-refractivity contribution in [2.75, 3.05) is 0 Å². The van der Waals surface area contributed by atoms with Gasteiger partial charge in [-0.05, 0) is 72.4 Å². The summed E-state index contributed by atoms with van der Waals surface area (Å²) < 4.78 is 1.85. The monoisotopic (exact) mass is 392 g/mol. The van der Waals surface area contributed by atoms with E-state index in [4.69, 9.17) is 10.1 Å². The van der Waals surface area contributed by atoms with Crippen LogP contribution in [0.4, 0.5) is 0 Å². The lowest BCUT2D eigenvalue weighted by molar-refractivity contribution is -0.112. The second-order valence-electron chi connectivity index (χ2n) is 9.27. The van der Waals surface area contributed by atoms with E-state index in [1.807, 2.05) is 9.31 Å². The summed E-state index contributed by atoms with van der Waals surface area (Å²) in [4.78, 5) is 12.4. The smallest absolute Gasteiger partial charge is 0.167 e. The van der Waals surface area contributed by atoms with Crippen molar-refractivity contribution in [1.82, 2.24) is 39.8 Å². The van der Waals surface area contributed by atoms with Crippen LogP contribution < -0.4 is 0 Å². The fourth-order valence-corrected chi connectivity index (χ4v) is 7.68. The van der Waals surface area contributed by atoms with Crippen molar-refractivity contribution in [3.63, 3.8) is 0 Å². The molecule has 4 aliphatic carbocycles. The van der Waals surface area contributed by atoms with Gasteiger partial charge in [0.15, 0.2) is 17.8 Å². The molecule has 2 atom stereocenters. The molecule has 142 valence electrons. The maximum Gasteiger partial charge on any atom is 0.167 e. The van der Waals surface area contributed by atoms with Crippen molar-refractivity contribution in [2.24, 2.45) is 17.3 Å². The van der Waals surface area contributed by atoms with Crippen molar-refractivity contribution in [1.29, 1.82) is 0 Å². The molecule has 8 nitrogen and oxygen atoms in total. The van der Waals surface area contributed by atoms with Gasteiger partial charge in [0, 0.05) is 6.42 Å². The summed E-state index contributed by atoms with van der Waals surface area (Å²) in [5.41, 5.74) is 1.23. The molecular weight excluding hydrogens is 372 g/mol. The zero-order valence-corrected chi connectivity index (χ0v) is 16.2. The number of hydrogen-bond acceptors (Lipinski definition) is 7. The minimum Gasteiger partial charge on any atom is -0.225 e. The molecule has 4 aromatic rings. The minimum absolute atomic E-state index is 0.0436. The fraction of sp³-hybridized carbons (Fsp3) is 0.579. The Morgan fingerprint density at radius 2 is 2.07 bits per heavy atom. The van der Waals surface area contributed by atoms with Gasteiger partial charge in [-0.3, -0.25) is 0 Å². The largest absolute Gasteiger partial charge is 0.225 e. The van der Waals surface area contributed by atoms with Gasteiger partial charge in [0.1, 0.15) is 11.2 Å². The molecule has 4 aromatic heterocycles. The molecular formula is C19H20N8S. The van der Waals surface area contributed by atoms with Crippen LogP contribution in [0.25, 0.3) is 15.9 Å². The Kier molecular flexibility index (Phi) is 2.84. The van der Waals surface area contributed by atoms with Crippen molar-refractivity contribution in [2.45, 2.75) is 50.5 Å². The van der Waals surface area contributed by atoms with E-state index >= 15 is 0 Å². The molecule has 4 heterocycles. The second kappa shape index (κ2) is 5.14. The zero-order valence-electron chi connectivity index (χ0n) is 15.4. The molecule has 8 rings (SSSR count). The average Bonchev–Trinajstić information content (AvgIpc) is 3.40. The SMILES string of the molecule is c1nnn(C23CC4CC(CC(Cc5nc6c7ccsc7ncn6n5)(C4)C2)C3)n1.